The van der Waals surface area contributed by atoms with Crippen LogP contribution in [0.3, 0.4) is 0 Å². The molecule has 1 amide bonds. The number of likely N-dealkylation sites (N-methyl/N-ethyl adjacent to an activating group) is 1. The lowest BCUT2D eigenvalue weighted by Gasteiger charge is -2.13. The lowest BCUT2D eigenvalue weighted by molar-refractivity contribution is -0.120. The Labute approximate surface area is 117 Å². The molecule has 1 atom stereocenters. The smallest absolute Gasteiger partial charge is 0.234 e. The van der Waals surface area contributed by atoms with Crippen LogP contribution in [0.4, 0.5) is 4.39 Å². The van der Waals surface area contributed by atoms with Crippen molar-refractivity contribution in [2.45, 2.75) is 6.10 Å². The van der Waals surface area contributed by atoms with E-state index in [2.05, 4.69) is 10.6 Å². The first-order valence-electron chi connectivity index (χ1n) is 5.59. The second kappa shape index (κ2) is 9.55. The molecular weight excluding hydrogens is 275 g/mol. The molecule has 0 heterocycles. The van der Waals surface area contributed by atoms with Crippen LogP contribution >= 0.6 is 12.4 Å². The van der Waals surface area contributed by atoms with Crippen molar-refractivity contribution < 1.29 is 19.0 Å². The summed E-state index contributed by atoms with van der Waals surface area (Å²) in [6.07, 6.45) is -0.809. The van der Waals surface area contributed by atoms with Gasteiger partial charge >= 0.3 is 0 Å². The fourth-order valence-electron chi connectivity index (χ4n) is 1.24. The van der Waals surface area contributed by atoms with Crippen LogP contribution in [0, 0.1) is 5.82 Å². The third-order valence-electron chi connectivity index (χ3n) is 2.13. The fraction of sp³-hybridized carbons (Fsp3) is 0.417. The summed E-state index contributed by atoms with van der Waals surface area (Å²) in [5, 5.41) is 14.8. The van der Waals surface area contributed by atoms with E-state index in [4.69, 9.17) is 4.74 Å². The maximum Gasteiger partial charge on any atom is 0.234 e. The van der Waals surface area contributed by atoms with Crippen molar-refractivity contribution in [1.82, 2.24) is 10.6 Å². The van der Waals surface area contributed by atoms with Crippen LogP contribution in [-0.4, -0.2) is 43.9 Å². The first-order chi connectivity index (χ1) is 8.61. The Morgan fingerprint density at radius 3 is 2.63 bits per heavy atom. The van der Waals surface area contributed by atoms with Crippen LogP contribution < -0.4 is 15.4 Å². The standard InChI is InChI=1S/C12H17FN2O3.ClH/c1-14-7-12(17)15-6-10(16)8-18-11-4-2-9(13)3-5-11;/h2-5,10,14,16H,6-8H2,1H3,(H,15,17);1H. The van der Waals surface area contributed by atoms with Gasteiger partial charge in [-0.05, 0) is 31.3 Å². The number of amides is 1. The van der Waals surface area contributed by atoms with Crippen molar-refractivity contribution in [3.05, 3.63) is 30.1 Å². The summed E-state index contributed by atoms with van der Waals surface area (Å²) >= 11 is 0. The van der Waals surface area contributed by atoms with Gasteiger partial charge in [0, 0.05) is 6.54 Å². The lowest BCUT2D eigenvalue weighted by atomic mass is 10.3. The highest BCUT2D eigenvalue weighted by molar-refractivity contribution is 5.85. The summed E-state index contributed by atoms with van der Waals surface area (Å²) in [7, 11) is 1.66. The van der Waals surface area contributed by atoms with Gasteiger partial charge in [0.25, 0.3) is 0 Å². The average Bonchev–Trinajstić information content (AvgIpc) is 2.36. The Morgan fingerprint density at radius 2 is 2.05 bits per heavy atom. The predicted molar refractivity (Wildman–Crippen MR) is 72.1 cm³/mol. The summed E-state index contributed by atoms with van der Waals surface area (Å²) in [5.74, 6) is -0.0717. The molecule has 7 heteroatoms. The molecule has 0 bridgehead atoms. The Bertz CT molecular complexity index is 376. The van der Waals surface area contributed by atoms with Gasteiger partial charge in [-0.1, -0.05) is 0 Å². The van der Waals surface area contributed by atoms with Gasteiger partial charge in [-0.2, -0.15) is 0 Å². The molecule has 0 fully saturated rings. The van der Waals surface area contributed by atoms with Gasteiger partial charge in [0.15, 0.2) is 0 Å². The summed E-state index contributed by atoms with van der Waals surface area (Å²) in [6, 6.07) is 5.50. The van der Waals surface area contributed by atoms with Crippen molar-refractivity contribution in [2.24, 2.45) is 0 Å². The van der Waals surface area contributed by atoms with Crippen molar-refractivity contribution in [3.8, 4) is 5.75 Å². The number of rotatable bonds is 7. The van der Waals surface area contributed by atoms with Crippen LogP contribution in [0.2, 0.25) is 0 Å². The molecule has 0 saturated heterocycles. The molecule has 0 aliphatic carbocycles. The van der Waals surface area contributed by atoms with E-state index in [9.17, 15) is 14.3 Å². The zero-order valence-electron chi connectivity index (χ0n) is 10.6. The molecule has 1 aromatic carbocycles. The molecule has 0 aromatic heterocycles. The van der Waals surface area contributed by atoms with E-state index in [1.807, 2.05) is 0 Å². The predicted octanol–water partition coefficient (Wildman–Crippen LogP) is 0.323. The molecule has 1 unspecified atom stereocenters. The van der Waals surface area contributed by atoms with Crippen molar-refractivity contribution >= 4 is 18.3 Å². The molecule has 0 saturated carbocycles. The van der Waals surface area contributed by atoms with Crippen molar-refractivity contribution in [3.63, 3.8) is 0 Å². The summed E-state index contributed by atoms with van der Waals surface area (Å²) in [6.45, 7) is 0.346. The molecule has 19 heavy (non-hydrogen) atoms. The van der Waals surface area contributed by atoms with Crippen LogP contribution in [0.15, 0.2) is 24.3 Å². The van der Waals surface area contributed by atoms with Gasteiger partial charge < -0.3 is 20.5 Å². The highest BCUT2D eigenvalue weighted by Crippen LogP contribution is 2.10. The summed E-state index contributed by atoms with van der Waals surface area (Å²) < 4.78 is 17.8. The number of halogens is 2. The number of hydrogen-bond donors (Lipinski definition) is 3. The minimum absolute atomic E-state index is 0. The highest BCUT2D eigenvalue weighted by Gasteiger charge is 2.07. The molecule has 0 spiro atoms. The minimum atomic E-state index is -0.809. The second-order valence-electron chi connectivity index (χ2n) is 3.75. The Balaban J connectivity index is 0.00000324. The number of aliphatic hydroxyl groups is 1. The number of benzene rings is 1. The van der Waals surface area contributed by atoms with Gasteiger partial charge in [0.05, 0.1) is 6.54 Å². The molecule has 0 radical (unpaired) electrons. The zero-order chi connectivity index (χ0) is 13.4. The summed E-state index contributed by atoms with van der Waals surface area (Å²) in [5.41, 5.74) is 0. The number of hydrogen-bond acceptors (Lipinski definition) is 4. The molecule has 3 N–H and O–H groups in total. The van der Waals surface area contributed by atoms with Crippen LogP contribution in [0.1, 0.15) is 0 Å². The molecule has 0 aliphatic heterocycles. The Morgan fingerprint density at radius 1 is 1.42 bits per heavy atom. The lowest BCUT2D eigenvalue weighted by Crippen LogP contribution is -2.39. The molecular formula is C12H18ClFN2O3. The van der Waals surface area contributed by atoms with E-state index in [0.29, 0.717) is 5.75 Å². The topological polar surface area (TPSA) is 70.6 Å². The Hall–Kier alpha value is -1.37. The Kier molecular flexibility index (Phi) is 8.86. The number of ether oxygens (including phenoxy) is 1. The maximum absolute atomic E-state index is 12.6. The molecule has 1 rings (SSSR count). The average molecular weight is 293 g/mol. The van der Waals surface area contributed by atoms with Crippen LogP contribution in [-0.2, 0) is 4.79 Å². The number of nitrogens with one attached hydrogen (secondary N) is 2. The van der Waals surface area contributed by atoms with Gasteiger partial charge in [-0.15, -0.1) is 12.4 Å². The summed E-state index contributed by atoms with van der Waals surface area (Å²) in [4.78, 5) is 11.1. The van der Waals surface area contributed by atoms with E-state index >= 15 is 0 Å². The largest absolute Gasteiger partial charge is 0.491 e. The van der Waals surface area contributed by atoms with Gasteiger partial charge in [-0.25, -0.2) is 4.39 Å². The first kappa shape index (κ1) is 17.6. The van der Waals surface area contributed by atoms with Gasteiger partial charge in [0.1, 0.15) is 24.3 Å². The molecule has 108 valence electrons. The molecule has 0 aliphatic rings. The van der Waals surface area contributed by atoms with Crippen LogP contribution in [0.5, 0.6) is 5.75 Å². The van der Waals surface area contributed by atoms with E-state index < -0.39 is 6.10 Å². The first-order valence-corrected chi connectivity index (χ1v) is 5.59. The van der Waals surface area contributed by atoms with E-state index in [0.717, 1.165) is 0 Å². The maximum atomic E-state index is 12.6. The van der Waals surface area contributed by atoms with Crippen molar-refractivity contribution in [1.29, 1.82) is 0 Å². The second-order valence-corrected chi connectivity index (χ2v) is 3.75. The van der Waals surface area contributed by atoms with E-state index in [-0.39, 0.29) is 43.8 Å². The third kappa shape index (κ3) is 7.61. The SMILES string of the molecule is CNCC(=O)NCC(O)COc1ccc(F)cc1.Cl. The highest BCUT2D eigenvalue weighted by atomic mass is 35.5. The van der Waals surface area contributed by atoms with E-state index in [1.54, 1.807) is 7.05 Å². The third-order valence-corrected chi connectivity index (χ3v) is 2.13. The molecule has 1 aromatic rings. The number of aliphatic hydroxyl groups excluding tert-OH is 1. The van der Waals surface area contributed by atoms with E-state index in [1.165, 1.54) is 24.3 Å². The normalized spacial score (nSPS) is 11.3. The van der Waals surface area contributed by atoms with Crippen LogP contribution in [0.25, 0.3) is 0 Å². The monoisotopic (exact) mass is 292 g/mol. The quantitative estimate of drug-likeness (QED) is 0.677. The van der Waals surface area contributed by atoms with Gasteiger partial charge in [-0.3, -0.25) is 4.79 Å². The number of carbonyl (C=O) groups excluding carboxylic acids is 1. The van der Waals surface area contributed by atoms with Gasteiger partial charge in [0.2, 0.25) is 5.91 Å². The fourth-order valence-corrected chi connectivity index (χ4v) is 1.24. The zero-order valence-corrected chi connectivity index (χ0v) is 11.4. The molecule has 5 nitrogen and oxygen atoms in total. The van der Waals surface area contributed by atoms with Crippen molar-refractivity contribution in [2.75, 3.05) is 26.7 Å². The minimum Gasteiger partial charge on any atom is -0.491 e. The number of carbonyl (C=O) groups is 1.